The Labute approximate surface area is 312 Å². The summed E-state index contributed by atoms with van der Waals surface area (Å²) in [7, 11) is 0. The number of rotatable bonds is 6. The number of nitrogens with zero attached hydrogens (tertiary/aromatic N) is 3. The van der Waals surface area contributed by atoms with Crippen LogP contribution in [-0.2, 0) is 25.5 Å². The molecule has 3 aromatic heterocycles. The molecule has 1 radical (unpaired) electrons. The molecule has 0 N–H and O–H groups in total. The Balaban J connectivity index is 0.000000211. The molecule has 0 aliphatic carbocycles. The van der Waals surface area contributed by atoms with Gasteiger partial charge in [0, 0.05) is 43.4 Å². The van der Waals surface area contributed by atoms with Gasteiger partial charge in [0.25, 0.3) is 0 Å². The molecule has 0 saturated heterocycles. The van der Waals surface area contributed by atoms with Crippen LogP contribution >= 0.6 is 0 Å². The van der Waals surface area contributed by atoms with Crippen molar-refractivity contribution in [2.45, 2.75) is 32.6 Å². The summed E-state index contributed by atoms with van der Waals surface area (Å²) in [6.07, 6.45) is 4.86. The Morgan fingerprint density at radius 1 is 0.667 bits per heavy atom. The van der Waals surface area contributed by atoms with Crippen LogP contribution < -0.4 is 0 Å². The van der Waals surface area contributed by atoms with Gasteiger partial charge in [-0.15, -0.1) is 54.1 Å². The molecule has 8 rings (SSSR count). The first-order chi connectivity index (χ1) is 24.5. The molecule has 5 heteroatoms. The number of nitriles is 1. The Hall–Kier alpha value is -5.66. The topological polar surface area (TPSA) is 62.7 Å². The van der Waals surface area contributed by atoms with E-state index in [4.69, 9.17) is 4.42 Å². The first-order valence-electron chi connectivity index (χ1n) is 16.8. The van der Waals surface area contributed by atoms with E-state index in [-0.39, 0.29) is 25.5 Å². The zero-order chi connectivity index (χ0) is 34.5. The van der Waals surface area contributed by atoms with Gasteiger partial charge in [-0.2, -0.15) is 5.26 Å². The van der Waals surface area contributed by atoms with Crippen molar-refractivity contribution >= 4 is 21.9 Å². The van der Waals surface area contributed by atoms with Crippen LogP contribution in [0.5, 0.6) is 0 Å². The average Bonchev–Trinajstić information content (AvgIpc) is 3.58. The molecule has 0 amide bonds. The standard InChI is InChI=1S/C30H17N2O.C16H18N.Ir/c31-19-23-16-17-25-24-9-6-10-26(27-11-4-5-18-32-27)29(24)33-30(25)28(23)22-14-12-21(13-15-22)20-7-2-1-3-8-20;1-4-16(2,3)14-10-11-15(17-12-14)13-8-6-5-7-9-13;/h1-9,11-18H;5-8,10-12H,4H2,1-3H3;/q2*-1;. The Morgan fingerprint density at radius 2 is 1.39 bits per heavy atom. The molecule has 0 bridgehead atoms. The van der Waals surface area contributed by atoms with Crippen LogP contribution in [0.1, 0.15) is 38.3 Å². The maximum atomic E-state index is 9.87. The van der Waals surface area contributed by atoms with E-state index in [1.165, 1.54) is 5.56 Å². The quantitative estimate of drug-likeness (QED) is 0.157. The van der Waals surface area contributed by atoms with E-state index in [9.17, 15) is 5.26 Å². The minimum absolute atomic E-state index is 0. The predicted molar refractivity (Wildman–Crippen MR) is 203 cm³/mol. The van der Waals surface area contributed by atoms with Crippen molar-refractivity contribution in [3.8, 4) is 50.8 Å². The molecule has 51 heavy (non-hydrogen) atoms. The van der Waals surface area contributed by atoms with Crippen molar-refractivity contribution in [3.05, 3.63) is 169 Å². The van der Waals surface area contributed by atoms with Gasteiger partial charge in [0.2, 0.25) is 0 Å². The molecule has 0 fully saturated rings. The number of furan rings is 1. The Bertz CT molecular complexity index is 2410. The largest absolute Gasteiger partial charge is 0.500 e. The van der Waals surface area contributed by atoms with Crippen LogP contribution in [0.3, 0.4) is 0 Å². The molecule has 0 atom stereocenters. The normalized spacial score (nSPS) is 10.9. The summed E-state index contributed by atoms with van der Waals surface area (Å²) in [6, 6.07) is 53.0. The molecule has 0 saturated carbocycles. The summed E-state index contributed by atoms with van der Waals surface area (Å²) in [4.78, 5) is 9.01. The summed E-state index contributed by atoms with van der Waals surface area (Å²) in [6.45, 7) is 6.70. The van der Waals surface area contributed by atoms with Gasteiger partial charge in [0.05, 0.1) is 17.2 Å². The molecule has 0 aliphatic rings. The monoisotopic (exact) mass is 838 g/mol. The van der Waals surface area contributed by atoms with Crippen molar-refractivity contribution in [2.24, 2.45) is 0 Å². The number of pyridine rings is 2. The van der Waals surface area contributed by atoms with Gasteiger partial charge < -0.3 is 14.4 Å². The van der Waals surface area contributed by atoms with Gasteiger partial charge in [-0.1, -0.05) is 117 Å². The molecule has 5 aromatic carbocycles. The van der Waals surface area contributed by atoms with Gasteiger partial charge in [-0.05, 0) is 57.6 Å². The summed E-state index contributed by atoms with van der Waals surface area (Å²) >= 11 is 0. The van der Waals surface area contributed by atoms with Crippen molar-refractivity contribution in [3.63, 3.8) is 0 Å². The van der Waals surface area contributed by atoms with E-state index >= 15 is 0 Å². The van der Waals surface area contributed by atoms with Crippen LogP contribution in [0, 0.1) is 23.5 Å². The number of hydrogen-bond acceptors (Lipinski definition) is 4. The first kappa shape index (κ1) is 35.2. The SMILES string of the molecule is CCC(C)(C)c1ccc(-c2[c-]cccc2)nc1.N#Cc1ccc2c(oc3c(-c4ccccn4)[c-]ccc32)c1-c1ccc(-c2ccccc2)cc1.[Ir]. The van der Waals surface area contributed by atoms with Crippen LogP contribution in [0.15, 0.2) is 150 Å². The maximum absolute atomic E-state index is 9.87. The molecule has 3 heterocycles. The van der Waals surface area contributed by atoms with E-state index < -0.39 is 0 Å². The van der Waals surface area contributed by atoms with Crippen LogP contribution in [0.2, 0.25) is 0 Å². The summed E-state index contributed by atoms with van der Waals surface area (Å²) in [5.74, 6) is 0. The molecule has 0 aliphatic heterocycles. The third-order valence-corrected chi connectivity index (χ3v) is 9.34. The predicted octanol–water partition coefficient (Wildman–Crippen LogP) is 11.9. The molecule has 8 aromatic rings. The van der Waals surface area contributed by atoms with Crippen molar-refractivity contribution in [1.29, 1.82) is 5.26 Å². The van der Waals surface area contributed by atoms with Crippen LogP contribution in [0.25, 0.3) is 66.7 Å². The average molecular weight is 838 g/mol. The van der Waals surface area contributed by atoms with E-state index in [0.717, 1.165) is 67.5 Å². The minimum atomic E-state index is 0. The van der Waals surface area contributed by atoms with E-state index in [1.807, 2.05) is 91.1 Å². The fourth-order valence-corrected chi connectivity index (χ4v) is 6.06. The number of hydrogen-bond donors (Lipinski definition) is 0. The molecular weight excluding hydrogens is 803 g/mol. The van der Waals surface area contributed by atoms with E-state index in [1.54, 1.807) is 6.20 Å². The summed E-state index contributed by atoms with van der Waals surface area (Å²) in [5, 5.41) is 11.8. The van der Waals surface area contributed by atoms with Crippen molar-refractivity contribution < 1.29 is 24.5 Å². The number of aromatic nitrogens is 2. The van der Waals surface area contributed by atoms with E-state index in [0.29, 0.717) is 11.1 Å². The summed E-state index contributed by atoms with van der Waals surface area (Å²) < 4.78 is 6.46. The van der Waals surface area contributed by atoms with Gasteiger partial charge in [0.1, 0.15) is 5.58 Å². The summed E-state index contributed by atoms with van der Waals surface area (Å²) in [5.41, 5.74) is 11.2. The minimum Gasteiger partial charge on any atom is -0.500 e. The molecule has 251 valence electrons. The zero-order valence-corrected chi connectivity index (χ0v) is 31.0. The van der Waals surface area contributed by atoms with E-state index in [2.05, 4.69) is 97.5 Å². The second-order valence-electron chi connectivity index (χ2n) is 12.8. The molecule has 0 spiro atoms. The second-order valence-corrected chi connectivity index (χ2v) is 12.8. The third kappa shape index (κ3) is 7.30. The first-order valence-corrected chi connectivity index (χ1v) is 16.8. The molecule has 0 unspecified atom stereocenters. The number of benzene rings is 5. The second kappa shape index (κ2) is 15.5. The molecule has 4 nitrogen and oxygen atoms in total. The molecular formula is C46H35IrN3O-2. The Morgan fingerprint density at radius 3 is 2.06 bits per heavy atom. The van der Waals surface area contributed by atoms with Crippen molar-refractivity contribution in [2.75, 3.05) is 0 Å². The zero-order valence-electron chi connectivity index (χ0n) is 28.6. The smallest absolute Gasteiger partial charge is 0.130 e. The third-order valence-electron chi connectivity index (χ3n) is 9.34. The fourth-order valence-electron chi connectivity index (χ4n) is 6.06. The maximum Gasteiger partial charge on any atom is 0.130 e. The Kier molecular flexibility index (Phi) is 10.7. The van der Waals surface area contributed by atoms with Crippen LogP contribution in [-0.4, -0.2) is 9.97 Å². The van der Waals surface area contributed by atoms with Gasteiger partial charge in [0.15, 0.2) is 0 Å². The van der Waals surface area contributed by atoms with Gasteiger partial charge in [-0.25, -0.2) is 0 Å². The van der Waals surface area contributed by atoms with Crippen LogP contribution in [0.4, 0.5) is 0 Å². The number of fused-ring (bicyclic) bond motifs is 3. The van der Waals surface area contributed by atoms with Gasteiger partial charge >= 0.3 is 0 Å². The van der Waals surface area contributed by atoms with Crippen molar-refractivity contribution in [1.82, 2.24) is 9.97 Å². The van der Waals surface area contributed by atoms with Gasteiger partial charge in [-0.3, -0.25) is 0 Å². The fraction of sp³-hybridized carbons (Fsp3) is 0.109.